The van der Waals surface area contributed by atoms with Crippen molar-refractivity contribution in [1.82, 2.24) is 14.4 Å². The SMILES string of the molecule is CC(C)Oc1ccc(-c2ccn3c(-c4cncc5ccccc45)cnc3c2)cc1. The van der Waals surface area contributed by atoms with E-state index in [1.165, 1.54) is 5.39 Å². The summed E-state index contributed by atoms with van der Waals surface area (Å²) in [7, 11) is 0. The van der Waals surface area contributed by atoms with Crippen LogP contribution in [0.1, 0.15) is 13.8 Å². The summed E-state index contributed by atoms with van der Waals surface area (Å²) in [6.07, 6.45) is 7.97. The molecule has 5 rings (SSSR count). The molecule has 29 heavy (non-hydrogen) atoms. The van der Waals surface area contributed by atoms with Gasteiger partial charge < -0.3 is 4.74 Å². The Kier molecular flexibility index (Phi) is 4.24. The van der Waals surface area contributed by atoms with E-state index >= 15 is 0 Å². The molecule has 0 unspecified atom stereocenters. The van der Waals surface area contributed by atoms with Gasteiger partial charge in [0.25, 0.3) is 0 Å². The Hall–Kier alpha value is -3.66. The van der Waals surface area contributed by atoms with Crippen molar-refractivity contribution in [1.29, 1.82) is 0 Å². The number of benzene rings is 2. The molecule has 0 N–H and O–H groups in total. The second-order valence-corrected chi connectivity index (χ2v) is 7.39. The fourth-order valence-corrected chi connectivity index (χ4v) is 3.68. The fraction of sp³-hybridized carbons (Fsp3) is 0.120. The molecule has 0 fully saturated rings. The molecule has 4 heteroatoms. The van der Waals surface area contributed by atoms with Crippen LogP contribution in [0.2, 0.25) is 0 Å². The van der Waals surface area contributed by atoms with E-state index in [0.29, 0.717) is 0 Å². The van der Waals surface area contributed by atoms with E-state index in [0.717, 1.165) is 39.2 Å². The minimum Gasteiger partial charge on any atom is -0.491 e. The molecule has 0 bridgehead atoms. The lowest BCUT2D eigenvalue weighted by molar-refractivity contribution is 0.242. The molecule has 0 radical (unpaired) electrons. The third-order valence-electron chi connectivity index (χ3n) is 5.02. The lowest BCUT2D eigenvalue weighted by Crippen LogP contribution is -2.05. The number of aromatic nitrogens is 3. The van der Waals surface area contributed by atoms with Gasteiger partial charge in [-0.3, -0.25) is 9.38 Å². The van der Waals surface area contributed by atoms with Crippen molar-refractivity contribution in [2.45, 2.75) is 20.0 Å². The molecule has 0 saturated heterocycles. The highest BCUT2D eigenvalue weighted by Crippen LogP contribution is 2.30. The number of hydrogen-bond donors (Lipinski definition) is 0. The van der Waals surface area contributed by atoms with Crippen molar-refractivity contribution >= 4 is 16.4 Å². The molecule has 3 heterocycles. The lowest BCUT2D eigenvalue weighted by Gasteiger charge is -2.10. The molecular weight excluding hydrogens is 358 g/mol. The monoisotopic (exact) mass is 379 g/mol. The Morgan fingerprint density at radius 2 is 1.69 bits per heavy atom. The van der Waals surface area contributed by atoms with Crippen molar-refractivity contribution in [3.8, 4) is 28.1 Å². The summed E-state index contributed by atoms with van der Waals surface area (Å²) >= 11 is 0. The zero-order valence-corrected chi connectivity index (χ0v) is 16.4. The Bertz CT molecular complexity index is 1300. The predicted molar refractivity (Wildman–Crippen MR) is 117 cm³/mol. The van der Waals surface area contributed by atoms with Crippen LogP contribution in [-0.4, -0.2) is 20.5 Å². The van der Waals surface area contributed by atoms with E-state index in [-0.39, 0.29) is 6.10 Å². The van der Waals surface area contributed by atoms with Gasteiger partial charge in [0.2, 0.25) is 0 Å². The van der Waals surface area contributed by atoms with Crippen molar-refractivity contribution in [3.05, 3.63) is 85.5 Å². The van der Waals surface area contributed by atoms with Gasteiger partial charge >= 0.3 is 0 Å². The first kappa shape index (κ1) is 17.4. The van der Waals surface area contributed by atoms with Gasteiger partial charge in [0.15, 0.2) is 0 Å². The molecule has 5 aromatic rings. The number of ether oxygens (including phenoxy) is 1. The Morgan fingerprint density at radius 1 is 0.862 bits per heavy atom. The maximum absolute atomic E-state index is 5.74. The standard InChI is InChI=1S/C25H21N3O/c1-17(2)29-21-9-7-18(8-10-21)19-11-12-28-24(16-27-25(28)13-19)23-15-26-14-20-5-3-4-6-22(20)23/h3-17H,1-2H3. The number of fused-ring (bicyclic) bond motifs is 2. The van der Waals surface area contributed by atoms with Crippen LogP contribution in [0.4, 0.5) is 0 Å². The normalized spacial score (nSPS) is 11.4. The van der Waals surface area contributed by atoms with Crippen LogP contribution in [0.3, 0.4) is 0 Å². The summed E-state index contributed by atoms with van der Waals surface area (Å²) in [5.41, 5.74) is 5.30. The van der Waals surface area contributed by atoms with Crippen LogP contribution in [0.5, 0.6) is 5.75 Å². The largest absolute Gasteiger partial charge is 0.491 e. The van der Waals surface area contributed by atoms with Gasteiger partial charge in [-0.05, 0) is 54.6 Å². The van der Waals surface area contributed by atoms with Gasteiger partial charge in [-0.2, -0.15) is 0 Å². The van der Waals surface area contributed by atoms with Crippen LogP contribution in [0.15, 0.2) is 85.5 Å². The van der Waals surface area contributed by atoms with Crippen molar-refractivity contribution in [3.63, 3.8) is 0 Å². The first-order valence-electron chi connectivity index (χ1n) is 9.76. The van der Waals surface area contributed by atoms with Crippen LogP contribution in [0, 0.1) is 0 Å². The molecule has 0 aliphatic carbocycles. The van der Waals surface area contributed by atoms with Gasteiger partial charge in [-0.25, -0.2) is 4.98 Å². The number of imidazole rings is 1. The third kappa shape index (κ3) is 3.23. The summed E-state index contributed by atoms with van der Waals surface area (Å²) in [5.74, 6) is 0.886. The van der Waals surface area contributed by atoms with E-state index in [2.05, 4.69) is 63.0 Å². The van der Waals surface area contributed by atoms with Gasteiger partial charge in [0, 0.05) is 29.5 Å². The molecule has 3 aromatic heterocycles. The number of nitrogens with zero attached hydrogens (tertiary/aromatic N) is 3. The second kappa shape index (κ2) is 7.06. The lowest BCUT2D eigenvalue weighted by atomic mass is 10.1. The minimum absolute atomic E-state index is 0.170. The third-order valence-corrected chi connectivity index (χ3v) is 5.02. The predicted octanol–water partition coefficient (Wildman–Crippen LogP) is 6.00. The molecular formula is C25H21N3O. The molecule has 142 valence electrons. The van der Waals surface area contributed by atoms with E-state index < -0.39 is 0 Å². The molecule has 0 aliphatic heterocycles. The Balaban J connectivity index is 1.55. The van der Waals surface area contributed by atoms with Gasteiger partial charge in [0.05, 0.1) is 18.0 Å². The number of pyridine rings is 2. The van der Waals surface area contributed by atoms with E-state index in [1.807, 2.05) is 50.6 Å². The summed E-state index contributed by atoms with van der Waals surface area (Å²) in [6.45, 7) is 4.06. The molecule has 4 nitrogen and oxygen atoms in total. The van der Waals surface area contributed by atoms with Gasteiger partial charge in [0.1, 0.15) is 11.4 Å². The molecule has 0 spiro atoms. The van der Waals surface area contributed by atoms with Crippen molar-refractivity contribution < 1.29 is 4.74 Å². The minimum atomic E-state index is 0.170. The van der Waals surface area contributed by atoms with E-state index in [4.69, 9.17) is 4.74 Å². The molecule has 2 aromatic carbocycles. The summed E-state index contributed by atoms with van der Waals surface area (Å²) < 4.78 is 7.85. The first-order chi connectivity index (χ1) is 14.2. The maximum Gasteiger partial charge on any atom is 0.137 e. The molecule has 0 aliphatic rings. The molecule has 0 amide bonds. The van der Waals surface area contributed by atoms with Crippen molar-refractivity contribution in [2.24, 2.45) is 0 Å². The molecule has 0 atom stereocenters. The summed E-state index contributed by atoms with van der Waals surface area (Å²) in [5, 5.41) is 2.30. The van der Waals surface area contributed by atoms with Gasteiger partial charge in [-0.1, -0.05) is 36.4 Å². The Morgan fingerprint density at radius 3 is 2.52 bits per heavy atom. The fourth-order valence-electron chi connectivity index (χ4n) is 3.68. The number of rotatable bonds is 4. The maximum atomic E-state index is 5.74. The highest BCUT2D eigenvalue weighted by Gasteiger charge is 2.11. The zero-order valence-electron chi connectivity index (χ0n) is 16.4. The van der Waals surface area contributed by atoms with Crippen LogP contribution in [0.25, 0.3) is 38.8 Å². The van der Waals surface area contributed by atoms with Crippen LogP contribution < -0.4 is 4.74 Å². The first-order valence-corrected chi connectivity index (χ1v) is 9.76. The van der Waals surface area contributed by atoms with Gasteiger partial charge in [-0.15, -0.1) is 0 Å². The van der Waals surface area contributed by atoms with Crippen LogP contribution in [-0.2, 0) is 0 Å². The zero-order chi connectivity index (χ0) is 19.8. The Labute approximate surface area is 169 Å². The van der Waals surface area contributed by atoms with E-state index in [9.17, 15) is 0 Å². The van der Waals surface area contributed by atoms with Crippen LogP contribution >= 0.6 is 0 Å². The highest BCUT2D eigenvalue weighted by atomic mass is 16.5. The smallest absolute Gasteiger partial charge is 0.137 e. The number of hydrogen-bond acceptors (Lipinski definition) is 3. The highest BCUT2D eigenvalue weighted by molar-refractivity contribution is 5.95. The summed E-state index contributed by atoms with van der Waals surface area (Å²) in [6, 6.07) is 20.7. The van der Waals surface area contributed by atoms with Crippen molar-refractivity contribution in [2.75, 3.05) is 0 Å². The van der Waals surface area contributed by atoms with E-state index in [1.54, 1.807) is 0 Å². The quantitative estimate of drug-likeness (QED) is 0.384. The topological polar surface area (TPSA) is 39.4 Å². The molecule has 0 saturated carbocycles. The summed E-state index contributed by atoms with van der Waals surface area (Å²) in [4.78, 5) is 9.07. The average molecular weight is 379 g/mol. The second-order valence-electron chi connectivity index (χ2n) is 7.39. The average Bonchev–Trinajstić information content (AvgIpc) is 3.16.